The highest BCUT2D eigenvalue weighted by atomic mass is 16.5. The summed E-state index contributed by atoms with van der Waals surface area (Å²) in [6, 6.07) is 6.62. The highest BCUT2D eigenvalue weighted by Gasteiger charge is 2.50. The maximum absolute atomic E-state index is 13.3. The lowest BCUT2D eigenvalue weighted by Crippen LogP contribution is -2.55. The number of ether oxygens (including phenoxy) is 1. The summed E-state index contributed by atoms with van der Waals surface area (Å²) in [6.07, 6.45) is 4.45. The molecule has 1 N–H and O–H groups in total. The molecule has 3 aliphatic heterocycles. The lowest BCUT2D eigenvalue weighted by atomic mass is 9.77. The first-order valence-electron chi connectivity index (χ1n) is 9.56. The number of benzene rings is 1. The summed E-state index contributed by atoms with van der Waals surface area (Å²) in [6.45, 7) is 3.41. The van der Waals surface area contributed by atoms with Gasteiger partial charge in [0.15, 0.2) is 0 Å². The van der Waals surface area contributed by atoms with Crippen molar-refractivity contribution in [1.29, 1.82) is 0 Å². The van der Waals surface area contributed by atoms with Crippen molar-refractivity contribution in [3.8, 4) is 5.75 Å². The molecule has 26 heavy (non-hydrogen) atoms. The number of carbonyl (C=O) groups is 2. The Labute approximate surface area is 153 Å². The van der Waals surface area contributed by atoms with Gasteiger partial charge in [-0.05, 0) is 56.4 Å². The second-order valence-corrected chi connectivity index (χ2v) is 7.75. The van der Waals surface area contributed by atoms with E-state index in [1.165, 1.54) is 12.1 Å². The molecule has 4 rings (SSSR count). The van der Waals surface area contributed by atoms with Crippen LogP contribution in [0.2, 0.25) is 0 Å². The fraction of sp³-hybridized carbons (Fsp3) is 0.600. The summed E-state index contributed by atoms with van der Waals surface area (Å²) in [5.74, 6) is 0.323. The third-order valence-electron chi connectivity index (χ3n) is 6.16. The van der Waals surface area contributed by atoms with E-state index in [1.54, 1.807) is 17.0 Å². The number of amides is 2. The summed E-state index contributed by atoms with van der Waals surface area (Å²) in [5.41, 5.74) is 0.146. The van der Waals surface area contributed by atoms with Gasteiger partial charge in [-0.1, -0.05) is 0 Å². The Kier molecular flexibility index (Phi) is 4.61. The first-order chi connectivity index (χ1) is 12.6. The number of carbonyl (C=O) groups excluding carboxylic acids is 2. The van der Waals surface area contributed by atoms with Gasteiger partial charge in [-0.25, -0.2) is 0 Å². The van der Waals surface area contributed by atoms with Gasteiger partial charge in [0.1, 0.15) is 5.75 Å². The Bertz CT molecular complexity index is 684. The van der Waals surface area contributed by atoms with Crippen molar-refractivity contribution in [2.24, 2.45) is 5.41 Å². The van der Waals surface area contributed by atoms with Crippen LogP contribution in [0, 0.1) is 5.41 Å². The maximum Gasteiger partial charge on any atom is 0.253 e. The van der Waals surface area contributed by atoms with Gasteiger partial charge < -0.3 is 19.6 Å². The average Bonchev–Trinajstić information content (AvgIpc) is 3.10. The minimum atomic E-state index is -0.414. The van der Waals surface area contributed by atoms with Crippen LogP contribution in [0.1, 0.15) is 42.5 Å². The van der Waals surface area contributed by atoms with E-state index in [0.717, 1.165) is 51.9 Å². The molecule has 1 atom stereocenters. The Morgan fingerprint density at radius 3 is 2.58 bits per heavy atom. The fourth-order valence-electron chi connectivity index (χ4n) is 4.66. The van der Waals surface area contributed by atoms with Crippen LogP contribution in [0.25, 0.3) is 0 Å². The van der Waals surface area contributed by atoms with E-state index in [4.69, 9.17) is 4.74 Å². The predicted octanol–water partition coefficient (Wildman–Crippen LogP) is 2.03. The van der Waals surface area contributed by atoms with E-state index in [2.05, 4.69) is 4.90 Å². The van der Waals surface area contributed by atoms with Gasteiger partial charge in [-0.15, -0.1) is 0 Å². The molecule has 6 heteroatoms. The summed E-state index contributed by atoms with van der Waals surface area (Å²) in [5, 5.41) is 9.41. The first-order valence-corrected chi connectivity index (χ1v) is 9.56. The molecule has 2 amide bonds. The lowest BCUT2D eigenvalue weighted by Gasteiger charge is -2.44. The summed E-state index contributed by atoms with van der Waals surface area (Å²) < 4.78 is 5.44. The number of phenols is 1. The number of hydrogen-bond donors (Lipinski definition) is 1. The molecule has 0 bridgehead atoms. The van der Waals surface area contributed by atoms with Gasteiger partial charge in [0.2, 0.25) is 5.91 Å². The van der Waals surface area contributed by atoms with Crippen LogP contribution in [0.4, 0.5) is 0 Å². The topological polar surface area (TPSA) is 70.1 Å². The molecule has 140 valence electrons. The standard InChI is InChI=1S/C20H26N2O4/c23-17-4-2-15(3-5-17)18(24)21-11-9-20(14-21)8-1-10-22(19(20)25)16-6-12-26-13-7-16/h2-5,16,23H,1,6-14H2/t20-/m0/s1. The second kappa shape index (κ2) is 6.91. The summed E-state index contributed by atoms with van der Waals surface area (Å²) in [4.78, 5) is 30.0. The molecule has 0 unspecified atom stereocenters. The minimum absolute atomic E-state index is 0.0575. The Hall–Kier alpha value is -2.08. The average molecular weight is 358 g/mol. The van der Waals surface area contributed by atoms with Crippen LogP contribution in [0.3, 0.4) is 0 Å². The van der Waals surface area contributed by atoms with Crippen LogP contribution in [-0.2, 0) is 9.53 Å². The quantitative estimate of drug-likeness (QED) is 0.878. The molecule has 6 nitrogen and oxygen atoms in total. The zero-order chi connectivity index (χ0) is 18.1. The van der Waals surface area contributed by atoms with Crippen LogP contribution < -0.4 is 0 Å². The number of rotatable bonds is 2. The number of nitrogens with zero attached hydrogens (tertiary/aromatic N) is 2. The van der Waals surface area contributed by atoms with Crippen LogP contribution >= 0.6 is 0 Å². The monoisotopic (exact) mass is 358 g/mol. The van der Waals surface area contributed by atoms with Gasteiger partial charge in [-0.3, -0.25) is 9.59 Å². The molecule has 0 saturated carbocycles. The van der Waals surface area contributed by atoms with Crippen molar-refractivity contribution >= 4 is 11.8 Å². The molecule has 0 aliphatic carbocycles. The number of piperidine rings is 1. The molecule has 3 fully saturated rings. The van der Waals surface area contributed by atoms with Crippen LogP contribution in [0.15, 0.2) is 24.3 Å². The van der Waals surface area contributed by atoms with Gasteiger partial charge in [0, 0.05) is 44.5 Å². The highest BCUT2D eigenvalue weighted by molar-refractivity contribution is 5.95. The molecule has 3 aliphatic rings. The highest BCUT2D eigenvalue weighted by Crippen LogP contribution is 2.41. The van der Waals surface area contributed by atoms with Crippen LogP contribution in [0.5, 0.6) is 5.75 Å². The molecule has 3 saturated heterocycles. The van der Waals surface area contributed by atoms with Crippen molar-refractivity contribution < 1.29 is 19.4 Å². The lowest BCUT2D eigenvalue weighted by molar-refractivity contribution is -0.150. The molecular formula is C20H26N2O4. The van der Waals surface area contributed by atoms with E-state index >= 15 is 0 Å². The Balaban J connectivity index is 1.48. The Morgan fingerprint density at radius 1 is 1.12 bits per heavy atom. The van der Waals surface area contributed by atoms with Crippen molar-refractivity contribution in [3.05, 3.63) is 29.8 Å². The van der Waals surface area contributed by atoms with Crippen molar-refractivity contribution in [3.63, 3.8) is 0 Å². The van der Waals surface area contributed by atoms with E-state index in [9.17, 15) is 14.7 Å². The van der Waals surface area contributed by atoms with Gasteiger partial charge in [0.25, 0.3) is 5.91 Å². The number of aromatic hydroxyl groups is 1. The SMILES string of the molecule is O=C(c1ccc(O)cc1)N1CC[C@@]2(CCCN(C3CCOCC3)C2=O)C1. The largest absolute Gasteiger partial charge is 0.508 e. The Morgan fingerprint density at radius 2 is 1.85 bits per heavy atom. The van der Waals surface area contributed by atoms with Crippen molar-refractivity contribution in [2.75, 3.05) is 32.8 Å². The summed E-state index contributed by atoms with van der Waals surface area (Å²) >= 11 is 0. The normalized spacial score (nSPS) is 27.3. The van der Waals surface area contributed by atoms with Crippen LogP contribution in [-0.4, -0.2) is 65.6 Å². The van der Waals surface area contributed by atoms with Gasteiger partial charge in [-0.2, -0.15) is 0 Å². The number of phenolic OH excluding ortho intramolecular Hbond substituents is 1. The first kappa shape index (κ1) is 17.3. The molecule has 3 heterocycles. The third kappa shape index (κ3) is 3.07. The zero-order valence-corrected chi connectivity index (χ0v) is 15.0. The zero-order valence-electron chi connectivity index (χ0n) is 15.0. The third-order valence-corrected chi connectivity index (χ3v) is 6.16. The summed E-state index contributed by atoms with van der Waals surface area (Å²) in [7, 11) is 0. The maximum atomic E-state index is 13.3. The van der Waals surface area contributed by atoms with E-state index in [0.29, 0.717) is 18.7 Å². The van der Waals surface area contributed by atoms with Gasteiger partial charge >= 0.3 is 0 Å². The minimum Gasteiger partial charge on any atom is -0.508 e. The molecule has 1 aromatic rings. The van der Waals surface area contributed by atoms with Crippen molar-refractivity contribution in [1.82, 2.24) is 9.80 Å². The molecule has 0 aromatic heterocycles. The molecule has 0 radical (unpaired) electrons. The molecule has 1 spiro atoms. The smallest absolute Gasteiger partial charge is 0.253 e. The predicted molar refractivity (Wildman–Crippen MR) is 95.8 cm³/mol. The number of hydrogen-bond acceptors (Lipinski definition) is 4. The van der Waals surface area contributed by atoms with E-state index in [1.807, 2.05) is 0 Å². The number of likely N-dealkylation sites (tertiary alicyclic amines) is 2. The fourth-order valence-corrected chi connectivity index (χ4v) is 4.66. The van der Waals surface area contributed by atoms with Gasteiger partial charge in [0.05, 0.1) is 5.41 Å². The molecular weight excluding hydrogens is 332 g/mol. The second-order valence-electron chi connectivity index (χ2n) is 7.75. The van der Waals surface area contributed by atoms with E-state index in [-0.39, 0.29) is 23.6 Å². The van der Waals surface area contributed by atoms with E-state index < -0.39 is 5.41 Å². The molecule has 1 aromatic carbocycles. The van der Waals surface area contributed by atoms with Crippen molar-refractivity contribution in [2.45, 2.75) is 38.1 Å².